The van der Waals surface area contributed by atoms with Crippen molar-refractivity contribution < 1.29 is 14.3 Å². The molecule has 22 heavy (non-hydrogen) atoms. The normalized spacial score (nSPS) is 10.8. The molecule has 4 nitrogen and oxygen atoms in total. The molecule has 0 aliphatic rings. The van der Waals surface area contributed by atoms with Gasteiger partial charge in [-0.2, -0.15) is 0 Å². The average Bonchev–Trinajstić information content (AvgIpc) is 2.45. The SMILES string of the molecule is O=c1cc(COc2ccc(Cl)cc2Br)c2ccc(O)cc2o1. The van der Waals surface area contributed by atoms with Gasteiger partial charge in [-0.05, 0) is 46.3 Å². The highest BCUT2D eigenvalue weighted by atomic mass is 79.9. The molecule has 0 saturated heterocycles. The van der Waals surface area contributed by atoms with Gasteiger partial charge in [-0.1, -0.05) is 11.6 Å². The first-order chi connectivity index (χ1) is 10.5. The Balaban J connectivity index is 1.95. The van der Waals surface area contributed by atoms with Gasteiger partial charge in [-0.25, -0.2) is 4.79 Å². The first-order valence-electron chi connectivity index (χ1n) is 6.36. The fourth-order valence-corrected chi connectivity index (χ4v) is 2.88. The van der Waals surface area contributed by atoms with Gasteiger partial charge in [0.1, 0.15) is 23.7 Å². The number of phenolic OH excluding ortho intramolecular Hbond substituents is 1. The van der Waals surface area contributed by atoms with Crippen molar-refractivity contribution in [3.63, 3.8) is 0 Å². The minimum atomic E-state index is -0.494. The van der Waals surface area contributed by atoms with Gasteiger partial charge in [-0.3, -0.25) is 0 Å². The van der Waals surface area contributed by atoms with Crippen LogP contribution in [0, 0.1) is 0 Å². The van der Waals surface area contributed by atoms with Crippen LogP contribution in [0.1, 0.15) is 5.56 Å². The topological polar surface area (TPSA) is 59.7 Å². The predicted octanol–water partition coefficient (Wildman–Crippen LogP) is 4.49. The molecular weight excluding hydrogens is 372 g/mol. The summed E-state index contributed by atoms with van der Waals surface area (Å²) < 4.78 is 11.5. The molecule has 2 aromatic carbocycles. The number of ether oxygens (including phenoxy) is 1. The van der Waals surface area contributed by atoms with Gasteiger partial charge >= 0.3 is 5.63 Å². The Hall–Kier alpha value is -1.98. The van der Waals surface area contributed by atoms with E-state index >= 15 is 0 Å². The van der Waals surface area contributed by atoms with E-state index in [-0.39, 0.29) is 12.4 Å². The zero-order chi connectivity index (χ0) is 15.7. The Kier molecular flexibility index (Phi) is 4.09. The van der Waals surface area contributed by atoms with E-state index < -0.39 is 5.63 Å². The van der Waals surface area contributed by atoms with E-state index in [2.05, 4.69) is 15.9 Å². The summed E-state index contributed by atoms with van der Waals surface area (Å²) >= 11 is 9.26. The number of aromatic hydroxyl groups is 1. The molecule has 0 saturated carbocycles. The summed E-state index contributed by atoms with van der Waals surface area (Å²) in [6.07, 6.45) is 0. The van der Waals surface area contributed by atoms with E-state index in [0.717, 1.165) is 4.47 Å². The first-order valence-corrected chi connectivity index (χ1v) is 7.53. The maximum Gasteiger partial charge on any atom is 0.336 e. The molecule has 3 aromatic rings. The lowest BCUT2D eigenvalue weighted by molar-refractivity contribution is 0.304. The second-order valence-electron chi connectivity index (χ2n) is 4.63. The lowest BCUT2D eigenvalue weighted by Gasteiger charge is -2.10. The standard InChI is InChI=1S/C16H10BrClO4/c17-13-6-10(18)1-4-14(13)21-8-9-5-16(20)22-15-7-11(19)2-3-12(9)15/h1-7,19H,8H2. The fourth-order valence-electron chi connectivity index (χ4n) is 2.09. The quantitative estimate of drug-likeness (QED) is 0.679. The Morgan fingerprint density at radius 3 is 2.77 bits per heavy atom. The van der Waals surface area contributed by atoms with E-state index in [1.807, 2.05) is 0 Å². The zero-order valence-corrected chi connectivity index (χ0v) is 13.5. The van der Waals surface area contributed by atoms with Gasteiger partial charge in [0.25, 0.3) is 0 Å². The van der Waals surface area contributed by atoms with Crippen molar-refractivity contribution in [1.82, 2.24) is 0 Å². The van der Waals surface area contributed by atoms with Crippen molar-refractivity contribution in [3.05, 3.63) is 67.9 Å². The third-order valence-electron chi connectivity index (χ3n) is 3.09. The fraction of sp³-hybridized carbons (Fsp3) is 0.0625. The lowest BCUT2D eigenvalue weighted by Crippen LogP contribution is -2.04. The molecule has 0 bridgehead atoms. The number of benzene rings is 2. The van der Waals surface area contributed by atoms with Crippen LogP contribution in [-0.2, 0) is 6.61 Å². The molecule has 0 unspecified atom stereocenters. The van der Waals surface area contributed by atoms with Gasteiger partial charge in [0.15, 0.2) is 0 Å². The summed E-state index contributed by atoms with van der Waals surface area (Å²) in [6.45, 7) is 0.188. The van der Waals surface area contributed by atoms with Crippen molar-refractivity contribution >= 4 is 38.5 Å². The van der Waals surface area contributed by atoms with Gasteiger partial charge < -0.3 is 14.3 Å². The van der Waals surface area contributed by atoms with Gasteiger partial charge in [0.2, 0.25) is 0 Å². The first kappa shape index (κ1) is 14.9. The van der Waals surface area contributed by atoms with Crippen LogP contribution in [0.5, 0.6) is 11.5 Å². The monoisotopic (exact) mass is 380 g/mol. The molecule has 1 heterocycles. The number of rotatable bonds is 3. The highest BCUT2D eigenvalue weighted by Gasteiger charge is 2.09. The van der Waals surface area contributed by atoms with Crippen LogP contribution < -0.4 is 10.4 Å². The van der Waals surface area contributed by atoms with Crippen LogP contribution in [0.15, 0.2) is 56.1 Å². The molecule has 0 spiro atoms. The molecule has 0 amide bonds. The maximum absolute atomic E-state index is 11.6. The van der Waals surface area contributed by atoms with Crippen molar-refractivity contribution in [2.24, 2.45) is 0 Å². The molecule has 1 N–H and O–H groups in total. The van der Waals surface area contributed by atoms with Gasteiger partial charge in [0, 0.05) is 28.1 Å². The Morgan fingerprint density at radius 2 is 2.00 bits per heavy atom. The number of hydrogen-bond donors (Lipinski definition) is 1. The second-order valence-corrected chi connectivity index (χ2v) is 5.93. The van der Waals surface area contributed by atoms with Crippen LogP contribution in [0.2, 0.25) is 5.02 Å². The Morgan fingerprint density at radius 1 is 1.18 bits per heavy atom. The summed E-state index contributed by atoms with van der Waals surface area (Å²) in [7, 11) is 0. The van der Waals surface area contributed by atoms with Crippen molar-refractivity contribution in [3.8, 4) is 11.5 Å². The summed E-state index contributed by atoms with van der Waals surface area (Å²) in [4.78, 5) is 11.6. The zero-order valence-electron chi connectivity index (χ0n) is 11.2. The van der Waals surface area contributed by atoms with Crippen LogP contribution in [0.4, 0.5) is 0 Å². The van der Waals surface area contributed by atoms with Crippen LogP contribution in [0.25, 0.3) is 11.0 Å². The van der Waals surface area contributed by atoms with E-state index in [1.54, 1.807) is 24.3 Å². The molecule has 0 atom stereocenters. The molecule has 3 rings (SSSR count). The minimum Gasteiger partial charge on any atom is -0.508 e. The lowest BCUT2D eigenvalue weighted by atomic mass is 10.1. The highest BCUT2D eigenvalue weighted by Crippen LogP contribution is 2.29. The molecule has 0 aliphatic carbocycles. The maximum atomic E-state index is 11.6. The number of phenols is 1. The van der Waals surface area contributed by atoms with Crippen molar-refractivity contribution in [2.75, 3.05) is 0 Å². The molecule has 0 aliphatic heterocycles. The highest BCUT2D eigenvalue weighted by molar-refractivity contribution is 9.10. The van der Waals surface area contributed by atoms with Gasteiger partial charge in [0.05, 0.1) is 4.47 Å². The Bertz CT molecular complexity index is 904. The second kappa shape index (κ2) is 6.02. The minimum absolute atomic E-state index is 0.0363. The van der Waals surface area contributed by atoms with Crippen molar-refractivity contribution in [1.29, 1.82) is 0 Å². The molecule has 112 valence electrons. The largest absolute Gasteiger partial charge is 0.508 e. The molecule has 0 fully saturated rings. The third kappa shape index (κ3) is 3.10. The van der Waals surface area contributed by atoms with Crippen LogP contribution in [-0.4, -0.2) is 5.11 Å². The molecule has 1 aromatic heterocycles. The number of fused-ring (bicyclic) bond motifs is 1. The van der Waals surface area contributed by atoms with E-state index in [4.69, 9.17) is 20.8 Å². The van der Waals surface area contributed by atoms with Crippen LogP contribution in [0.3, 0.4) is 0 Å². The molecular formula is C16H10BrClO4. The summed E-state index contributed by atoms with van der Waals surface area (Å²) in [5.74, 6) is 0.652. The molecule has 0 radical (unpaired) electrons. The third-order valence-corrected chi connectivity index (χ3v) is 3.95. The summed E-state index contributed by atoms with van der Waals surface area (Å²) in [5.41, 5.74) is 0.501. The van der Waals surface area contributed by atoms with Gasteiger partial charge in [-0.15, -0.1) is 0 Å². The van der Waals surface area contributed by atoms with Crippen LogP contribution >= 0.6 is 27.5 Å². The number of halogens is 2. The number of hydrogen-bond acceptors (Lipinski definition) is 4. The van der Waals surface area contributed by atoms with E-state index in [9.17, 15) is 9.90 Å². The van der Waals surface area contributed by atoms with E-state index in [0.29, 0.717) is 27.3 Å². The summed E-state index contributed by atoms with van der Waals surface area (Å²) in [6, 6.07) is 11.2. The predicted molar refractivity (Wildman–Crippen MR) is 87.6 cm³/mol. The average molecular weight is 382 g/mol. The van der Waals surface area contributed by atoms with Crippen molar-refractivity contribution in [2.45, 2.75) is 6.61 Å². The Labute approximate surface area is 139 Å². The van der Waals surface area contributed by atoms with E-state index in [1.165, 1.54) is 18.2 Å². The smallest absolute Gasteiger partial charge is 0.336 e. The summed E-state index contributed by atoms with van der Waals surface area (Å²) in [5, 5.41) is 10.8. The molecule has 6 heteroatoms.